The number of hydrogen-bond donors (Lipinski definition) is 1. The highest BCUT2D eigenvalue weighted by atomic mass is 15.3. The number of benzene rings is 1. The Morgan fingerprint density at radius 1 is 1.20 bits per heavy atom. The number of rotatable bonds is 1. The molecular formula is C12H15N3. The zero-order valence-corrected chi connectivity index (χ0v) is 9.28. The smallest absolute Gasteiger partial charge is 0.148 e. The van der Waals surface area contributed by atoms with E-state index >= 15 is 0 Å². The number of aryl methyl sites for hydroxylation is 2. The van der Waals surface area contributed by atoms with Crippen LogP contribution in [0.15, 0.2) is 24.3 Å². The van der Waals surface area contributed by atoms with Crippen molar-refractivity contribution < 1.29 is 0 Å². The van der Waals surface area contributed by atoms with Crippen molar-refractivity contribution in [2.24, 2.45) is 7.05 Å². The maximum Gasteiger partial charge on any atom is 0.148 e. The third-order valence-electron chi connectivity index (χ3n) is 2.72. The van der Waals surface area contributed by atoms with Crippen molar-refractivity contribution in [3.8, 4) is 11.3 Å². The highest BCUT2D eigenvalue weighted by Gasteiger charge is 2.12. The summed E-state index contributed by atoms with van der Waals surface area (Å²) in [7, 11) is 1.92. The molecule has 0 saturated carbocycles. The maximum atomic E-state index is 5.80. The minimum absolute atomic E-state index is 0.607. The van der Waals surface area contributed by atoms with Crippen molar-refractivity contribution >= 4 is 5.82 Å². The van der Waals surface area contributed by atoms with Gasteiger partial charge in [-0.25, -0.2) is 0 Å². The van der Waals surface area contributed by atoms with Gasteiger partial charge in [-0.2, -0.15) is 5.10 Å². The molecule has 0 unspecified atom stereocenters. The molecule has 2 rings (SSSR count). The van der Waals surface area contributed by atoms with Crippen LogP contribution in [0.5, 0.6) is 0 Å². The number of nitrogens with zero attached hydrogens (tertiary/aromatic N) is 2. The van der Waals surface area contributed by atoms with Crippen LogP contribution in [0, 0.1) is 13.8 Å². The second-order valence-electron chi connectivity index (χ2n) is 3.80. The summed E-state index contributed by atoms with van der Waals surface area (Å²) in [5, 5.41) is 4.22. The van der Waals surface area contributed by atoms with Crippen molar-refractivity contribution in [1.29, 1.82) is 0 Å². The SMILES string of the molecule is Cc1ccccc1-c1c(C)c(N)nn1C. The van der Waals surface area contributed by atoms with Crippen LogP contribution >= 0.6 is 0 Å². The predicted molar refractivity (Wildman–Crippen MR) is 62.5 cm³/mol. The Hall–Kier alpha value is -1.77. The average Bonchev–Trinajstić information content (AvgIpc) is 2.43. The number of nitrogens with two attached hydrogens (primary N) is 1. The van der Waals surface area contributed by atoms with Crippen molar-refractivity contribution in [1.82, 2.24) is 9.78 Å². The molecule has 1 heterocycles. The van der Waals surface area contributed by atoms with E-state index in [1.54, 1.807) is 0 Å². The summed E-state index contributed by atoms with van der Waals surface area (Å²) in [4.78, 5) is 0. The Labute approximate surface area is 89.5 Å². The second-order valence-corrected chi connectivity index (χ2v) is 3.80. The molecule has 1 aromatic heterocycles. The normalized spacial score (nSPS) is 10.6. The lowest BCUT2D eigenvalue weighted by atomic mass is 10.0. The van der Waals surface area contributed by atoms with Gasteiger partial charge < -0.3 is 5.73 Å². The first-order valence-corrected chi connectivity index (χ1v) is 4.96. The fourth-order valence-electron chi connectivity index (χ4n) is 1.87. The Morgan fingerprint density at radius 2 is 1.87 bits per heavy atom. The molecule has 0 bridgehead atoms. The van der Waals surface area contributed by atoms with Crippen molar-refractivity contribution in [2.45, 2.75) is 13.8 Å². The molecule has 0 saturated heterocycles. The highest BCUT2D eigenvalue weighted by Crippen LogP contribution is 2.28. The van der Waals surface area contributed by atoms with Gasteiger partial charge in [-0.3, -0.25) is 4.68 Å². The molecule has 0 radical (unpaired) electrons. The van der Waals surface area contributed by atoms with Crippen molar-refractivity contribution in [3.63, 3.8) is 0 Å². The fraction of sp³-hybridized carbons (Fsp3) is 0.250. The van der Waals surface area contributed by atoms with Crippen molar-refractivity contribution in [2.75, 3.05) is 5.73 Å². The first-order valence-electron chi connectivity index (χ1n) is 4.96. The molecule has 0 spiro atoms. The van der Waals surface area contributed by atoms with Gasteiger partial charge in [0.15, 0.2) is 0 Å². The zero-order chi connectivity index (χ0) is 11.0. The van der Waals surface area contributed by atoms with E-state index in [0.717, 1.165) is 11.3 Å². The first-order chi connectivity index (χ1) is 7.11. The van der Waals surface area contributed by atoms with Gasteiger partial charge in [0.25, 0.3) is 0 Å². The molecule has 2 aromatic rings. The summed E-state index contributed by atoms with van der Waals surface area (Å²) in [6.45, 7) is 4.10. The summed E-state index contributed by atoms with van der Waals surface area (Å²) < 4.78 is 1.84. The maximum absolute atomic E-state index is 5.80. The lowest BCUT2D eigenvalue weighted by molar-refractivity contribution is 0.779. The molecule has 0 amide bonds. The van der Waals surface area contributed by atoms with E-state index in [2.05, 4.69) is 24.2 Å². The van der Waals surface area contributed by atoms with E-state index in [1.807, 2.05) is 30.8 Å². The Morgan fingerprint density at radius 3 is 2.40 bits per heavy atom. The van der Waals surface area contributed by atoms with E-state index in [4.69, 9.17) is 5.73 Å². The Kier molecular flexibility index (Phi) is 2.23. The third kappa shape index (κ3) is 1.50. The van der Waals surface area contributed by atoms with Crippen molar-refractivity contribution in [3.05, 3.63) is 35.4 Å². The summed E-state index contributed by atoms with van der Waals surface area (Å²) in [6.07, 6.45) is 0. The molecule has 3 nitrogen and oxygen atoms in total. The van der Waals surface area contributed by atoms with E-state index in [9.17, 15) is 0 Å². The van der Waals surface area contributed by atoms with Crippen LogP contribution in [-0.4, -0.2) is 9.78 Å². The topological polar surface area (TPSA) is 43.8 Å². The van der Waals surface area contributed by atoms with Crippen LogP contribution < -0.4 is 5.73 Å². The minimum Gasteiger partial charge on any atom is -0.382 e. The lowest BCUT2D eigenvalue weighted by Gasteiger charge is -2.06. The predicted octanol–water partition coefficient (Wildman–Crippen LogP) is 2.29. The molecule has 0 aliphatic rings. The Balaban J connectivity index is 2.69. The van der Waals surface area contributed by atoms with Gasteiger partial charge in [-0.05, 0) is 19.4 Å². The number of anilines is 1. The molecule has 0 atom stereocenters. The number of hydrogen-bond acceptors (Lipinski definition) is 2. The number of nitrogen functional groups attached to an aromatic ring is 1. The molecule has 15 heavy (non-hydrogen) atoms. The van der Waals surface area contributed by atoms with E-state index in [1.165, 1.54) is 11.1 Å². The summed E-state index contributed by atoms with van der Waals surface area (Å²) in [5.41, 5.74) is 10.4. The summed E-state index contributed by atoms with van der Waals surface area (Å²) >= 11 is 0. The lowest BCUT2D eigenvalue weighted by Crippen LogP contribution is -1.96. The average molecular weight is 201 g/mol. The third-order valence-corrected chi connectivity index (χ3v) is 2.72. The summed E-state index contributed by atoms with van der Waals surface area (Å²) in [6, 6.07) is 8.26. The molecule has 1 aromatic carbocycles. The van der Waals surface area contributed by atoms with Gasteiger partial charge in [0.05, 0.1) is 5.69 Å². The fourth-order valence-corrected chi connectivity index (χ4v) is 1.87. The molecule has 0 fully saturated rings. The van der Waals surface area contributed by atoms with Gasteiger partial charge >= 0.3 is 0 Å². The molecule has 0 aliphatic heterocycles. The van der Waals surface area contributed by atoms with Gasteiger partial charge in [0, 0.05) is 18.2 Å². The van der Waals surface area contributed by atoms with Crippen LogP contribution in [0.25, 0.3) is 11.3 Å². The minimum atomic E-state index is 0.607. The van der Waals surface area contributed by atoms with Crippen LogP contribution in [0.4, 0.5) is 5.82 Å². The molecular weight excluding hydrogens is 186 g/mol. The molecule has 78 valence electrons. The monoisotopic (exact) mass is 201 g/mol. The van der Waals surface area contributed by atoms with E-state index in [0.29, 0.717) is 5.82 Å². The van der Waals surface area contributed by atoms with Crippen LogP contribution in [0.3, 0.4) is 0 Å². The van der Waals surface area contributed by atoms with Crippen LogP contribution in [0.1, 0.15) is 11.1 Å². The van der Waals surface area contributed by atoms with E-state index < -0.39 is 0 Å². The van der Waals surface area contributed by atoms with Gasteiger partial charge in [0.2, 0.25) is 0 Å². The Bertz CT molecular complexity index is 498. The molecule has 0 aliphatic carbocycles. The number of aromatic nitrogens is 2. The molecule has 2 N–H and O–H groups in total. The van der Waals surface area contributed by atoms with Gasteiger partial charge in [0.1, 0.15) is 5.82 Å². The standard InChI is InChI=1S/C12H15N3/c1-8-6-4-5-7-10(8)11-9(2)12(13)14-15(11)3/h4-7H,1-3H3,(H2,13,14). The van der Waals surface area contributed by atoms with Gasteiger partial charge in [-0.15, -0.1) is 0 Å². The van der Waals surface area contributed by atoms with Gasteiger partial charge in [-0.1, -0.05) is 24.3 Å². The molecule has 3 heteroatoms. The zero-order valence-electron chi connectivity index (χ0n) is 9.28. The second kappa shape index (κ2) is 3.42. The first kappa shape index (κ1) is 9.77. The largest absolute Gasteiger partial charge is 0.382 e. The van der Waals surface area contributed by atoms with Crippen LogP contribution in [0.2, 0.25) is 0 Å². The van der Waals surface area contributed by atoms with E-state index in [-0.39, 0.29) is 0 Å². The van der Waals surface area contributed by atoms with Crippen LogP contribution in [-0.2, 0) is 7.05 Å². The quantitative estimate of drug-likeness (QED) is 0.769. The summed E-state index contributed by atoms with van der Waals surface area (Å²) in [5.74, 6) is 0.607. The highest BCUT2D eigenvalue weighted by molar-refractivity contribution is 5.70.